The number of ether oxygens (including phenoxy) is 2. The van der Waals surface area contributed by atoms with Gasteiger partial charge in [-0.25, -0.2) is 8.42 Å². The van der Waals surface area contributed by atoms with E-state index in [-0.39, 0.29) is 20.6 Å². The standard InChI is InChI=1S/C24H22Cl2N2O5S/c1-16(17-7-10-22-23(13-17)33-12-11-32-22)27-24(29)15-28(18-8-9-20(25)21(26)14-18)34(30,31)19-5-3-2-4-6-19/h2-10,13-14,16H,11-12,15H2,1H3,(H,27,29). The molecule has 3 aromatic carbocycles. The lowest BCUT2D eigenvalue weighted by Crippen LogP contribution is -2.41. The molecular weight excluding hydrogens is 499 g/mol. The number of sulfonamides is 1. The first kappa shape index (κ1) is 24.2. The van der Waals surface area contributed by atoms with Crippen molar-refractivity contribution in [2.24, 2.45) is 0 Å². The van der Waals surface area contributed by atoms with Crippen molar-refractivity contribution in [3.05, 3.63) is 82.3 Å². The van der Waals surface area contributed by atoms with Gasteiger partial charge in [0.15, 0.2) is 11.5 Å². The first-order valence-electron chi connectivity index (χ1n) is 10.5. The Labute approximate surface area is 208 Å². The number of hydrogen-bond acceptors (Lipinski definition) is 5. The van der Waals surface area contributed by atoms with Gasteiger partial charge in [0.1, 0.15) is 19.8 Å². The van der Waals surface area contributed by atoms with E-state index >= 15 is 0 Å². The molecule has 0 bridgehead atoms. The lowest BCUT2D eigenvalue weighted by Gasteiger charge is -2.26. The fraction of sp³-hybridized carbons (Fsp3) is 0.208. The molecule has 0 fully saturated rings. The van der Waals surface area contributed by atoms with Crippen LogP contribution in [0.15, 0.2) is 71.6 Å². The summed E-state index contributed by atoms with van der Waals surface area (Å²) in [6.45, 7) is 2.29. The van der Waals surface area contributed by atoms with E-state index in [1.807, 2.05) is 6.07 Å². The summed E-state index contributed by atoms with van der Waals surface area (Å²) in [6, 6.07) is 17.3. The number of anilines is 1. The normalized spacial score (nSPS) is 13.7. The van der Waals surface area contributed by atoms with Crippen molar-refractivity contribution in [3.8, 4) is 11.5 Å². The van der Waals surface area contributed by atoms with Gasteiger partial charge in [0.2, 0.25) is 5.91 Å². The smallest absolute Gasteiger partial charge is 0.264 e. The minimum atomic E-state index is -4.06. The van der Waals surface area contributed by atoms with Crippen LogP contribution in [-0.2, 0) is 14.8 Å². The topological polar surface area (TPSA) is 84.9 Å². The van der Waals surface area contributed by atoms with Crippen LogP contribution in [0.3, 0.4) is 0 Å². The average Bonchev–Trinajstić information content (AvgIpc) is 2.84. The van der Waals surface area contributed by atoms with Crippen LogP contribution in [0.1, 0.15) is 18.5 Å². The van der Waals surface area contributed by atoms with E-state index in [1.54, 1.807) is 37.3 Å². The van der Waals surface area contributed by atoms with Crippen LogP contribution in [0.25, 0.3) is 0 Å². The summed E-state index contributed by atoms with van der Waals surface area (Å²) >= 11 is 12.1. The molecule has 1 aliphatic heterocycles. The van der Waals surface area contributed by atoms with Crippen LogP contribution in [-0.4, -0.2) is 34.1 Å². The van der Waals surface area contributed by atoms with Gasteiger partial charge in [-0.3, -0.25) is 9.10 Å². The maximum atomic E-state index is 13.4. The van der Waals surface area contributed by atoms with E-state index in [9.17, 15) is 13.2 Å². The Bertz CT molecular complexity index is 1300. The molecule has 34 heavy (non-hydrogen) atoms. The fourth-order valence-electron chi connectivity index (χ4n) is 3.51. The molecule has 1 unspecified atom stereocenters. The second-order valence-corrected chi connectivity index (χ2v) is 10.3. The van der Waals surface area contributed by atoms with Gasteiger partial charge < -0.3 is 14.8 Å². The molecule has 4 rings (SSSR count). The van der Waals surface area contributed by atoms with Crippen molar-refractivity contribution in [2.45, 2.75) is 17.9 Å². The average molecular weight is 521 g/mol. The highest BCUT2D eigenvalue weighted by Gasteiger charge is 2.28. The quantitative estimate of drug-likeness (QED) is 0.481. The number of carbonyl (C=O) groups is 1. The Balaban J connectivity index is 1.58. The van der Waals surface area contributed by atoms with Gasteiger partial charge in [-0.2, -0.15) is 0 Å². The third kappa shape index (κ3) is 5.24. The molecule has 10 heteroatoms. The Morgan fingerprint density at radius 3 is 2.38 bits per heavy atom. The third-order valence-electron chi connectivity index (χ3n) is 5.25. The molecule has 0 radical (unpaired) electrons. The van der Waals surface area contributed by atoms with Crippen LogP contribution in [0.5, 0.6) is 11.5 Å². The number of rotatable bonds is 7. The summed E-state index contributed by atoms with van der Waals surface area (Å²) in [7, 11) is -4.06. The zero-order valence-corrected chi connectivity index (χ0v) is 20.5. The first-order valence-corrected chi connectivity index (χ1v) is 12.7. The fourth-order valence-corrected chi connectivity index (χ4v) is 5.23. The molecule has 1 N–H and O–H groups in total. The predicted molar refractivity (Wildman–Crippen MR) is 131 cm³/mol. The molecular formula is C24H22Cl2N2O5S. The Kier molecular flexibility index (Phi) is 7.21. The highest BCUT2D eigenvalue weighted by atomic mass is 35.5. The highest BCUT2D eigenvalue weighted by molar-refractivity contribution is 7.92. The van der Waals surface area contributed by atoms with E-state index in [0.717, 1.165) is 9.87 Å². The number of carbonyl (C=O) groups excluding carboxylic acids is 1. The van der Waals surface area contributed by atoms with Crippen molar-refractivity contribution in [1.82, 2.24) is 5.32 Å². The Hall–Kier alpha value is -2.94. The number of nitrogens with zero attached hydrogens (tertiary/aromatic N) is 1. The second-order valence-electron chi connectivity index (χ2n) is 7.62. The predicted octanol–water partition coefficient (Wildman–Crippen LogP) is 4.84. The van der Waals surface area contributed by atoms with Gasteiger partial charge in [0, 0.05) is 0 Å². The number of hydrogen-bond donors (Lipinski definition) is 1. The minimum Gasteiger partial charge on any atom is -0.486 e. The molecule has 3 aromatic rings. The summed E-state index contributed by atoms with van der Waals surface area (Å²) in [6.07, 6.45) is 0. The van der Waals surface area contributed by atoms with Gasteiger partial charge in [-0.1, -0.05) is 47.5 Å². The molecule has 1 heterocycles. The molecule has 0 aliphatic carbocycles. The molecule has 7 nitrogen and oxygen atoms in total. The number of nitrogens with one attached hydrogen (secondary N) is 1. The highest BCUT2D eigenvalue weighted by Crippen LogP contribution is 2.33. The third-order valence-corrected chi connectivity index (χ3v) is 7.78. The number of halogens is 2. The van der Waals surface area contributed by atoms with Gasteiger partial charge in [-0.05, 0) is 55.0 Å². The summed E-state index contributed by atoms with van der Waals surface area (Å²) in [4.78, 5) is 13.0. The molecule has 1 amide bonds. The Morgan fingerprint density at radius 1 is 0.971 bits per heavy atom. The molecule has 0 spiro atoms. The van der Waals surface area contributed by atoms with E-state index in [2.05, 4.69) is 5.32 Å². The maximum Gasteiger partial charge on any atom is 0.264 e. The summed E-state index contributed by atoms with van der Waals surface area (Å²) < 4.78 is 39.0. The lowest BCUT2D eigenvalue weighted by molar-refractivity contribution is -0.120. The lowest BCUT2D eigenvalue weighted by atomic mass is 10.1. The van der Waals surface area contributed by atoms with E-state index in [0.29, 0.717) is 24.7 Å². The zero-order chi connectivity index (χ0) is 24.3. The van der Waals surface area contributed by atoms with Crippen LogP contribution in [0.2, 0.25) is 10.0 Å². The summed E-state index contributed by atoms with van der Waals surface area (Å²) in [5.74, 6) is 0.759. The van der Waals surface area contributed by atoms with Gasteiger partial charge in [-0.15, -0.1) is 0 Å². The number of fused-ring (bicyclic) bond motifs is 1. The van der Waals surface area contributed by atoms with Crippen molar-refractivity contribution in [2.75, 3.05) is 24.1 Å². The van der Waals surface area contributed by atoms with E-state index in [4.69, 9.17) is 32.7 Å². The minimum absolute atomic E-state index is 0.0498. The molecule has 1 atom stereocenters. The van der Waals surface area contributed by atoms with Gasteiger partial charge in [0.05, 0.1) is 26.7 Å². The van der Waals surface area contributed by atoms with Gasteiger partial charge in [0.25, 0.3) is 10.0 Å². The van der Waals surface area contributed by atoms with Crippen molar-refractivity contribution < 1.29 is 22.7 Å². The second kappa shape index (κ2) is 10.1. The van der Waals surface area contributed by atoms with Crippen molar-refractivity contribution >= 4 is 44.8 Å². The van der Waals surface area contributed by atoms with E-state index in [1.165, 1.54) is 30.3 Å². The molecule has 0 aromatic heterocycles. The molecule has 0 saturated heterocycles. The van der Waals surface area contributed by atoms with Crippen LogP contribution in [0, 0.1) is 0 Å². The van der Waals surface area contributed by atoms with E-state index < -0.39 is 28.5 Å². The maximum absolute atomic E-state index is 13.4. The first-order chi connectivity index (χ1) is 16.3. The zero-order valence-electron chi connectivity index (χ0n) is 18.2. The molecule has 0 saturated carbocycles. The Morgan fingerprint density at radius 2 is 1.68 bits per heavy atom. The molecule has 1 aliphatic rings. The molecule has 178 valence electrons. The SMILES string of the molecule is CC(NC(=O)CN(c1ccc(Cl)c(Cl)c1)S(=O)(=O)c1ccccc1)c1ccc2c(c1)OCCO2. The van der Waals surface area contributed by atoms with Crippen molar-refractivity contribution in [3.63, 3.8) is 0 Å². The number of benzene rings is 3. The van der Waals surface area contributed by atoms with Gasteiger partial charge >= 0.3 is 0 Å². The van der Waals surface area contributed by atoms with Crippen LogP contribution >= 0.6 is 23.2 Å². The van der Waals surface area contributed by atoms with Crippen LogP contribution < -0.4 is 19.1 Å². The number of amides is 1. The largest absolute Gasteiger partial charge is 0.486 e. The monoisotopic (exact) mass is 520 g/mol. The summed E-state index contributed by atoms with van der Waals surface area (Å²) in [5.41, 5.74) is 1.02. The summed E-state index contributed by atoms with van der Waals surface area (Å²) in [5, 5.41) is 3.31. The van der Waals surface area contributed by atoms with Crippen molar-refractivity contribution in [1.29, 1.82) is 0 Å². The van der Waals surface area contributed by atoms with Crippen LogP contribution in [0.4, 0.5) is 5.69 Å².